The number of ketones is 1. The van der Waals surface area contributed by atoms with E-state index < -0.39 is 0 Å². The second-order valence-electron chi connectivity index (χ2n) is 10.8. The number of hydrogen-bond donors (Lipinski definition) is 1. The van der Waals surface area contributed by atoms with Crippen LogP contribution >= 0.6 is 0 Å². The van der Waals surface area contributed by atoms with Crippen LogP contribution in [0.15, 0.2) is 23.5 Å². The molecular weight excluding hydrogens is 376 g/mol. The van der Waals surface area contributed by atoms with Crippen LogP contribution in [-0.4, -0.2) is 23.5 Å². The minimum absolute atomic E-state index is 0.0136. The fourth-order valence-electron chi connectivity index (χ4n) is 7.81. The summed E-state index contributed by atoms with van der Waals surface area (Å²) in [6.45, 7) is 9.34. The molecule has 4 heteroatoms. The van der Waals surface area contributed by atoms with Crippen LogP contribution in [0, 0.1) is 40.4 Å². The Labute approximate surface area is 181 Å². The molecule has 0 spiro atoms. The highest BCUT2D eigenvalue weighted by Crippen LogP contribution is 2.66. The largest absolute Gasteiger partial charge is 0.512 e. The van der Waals surface area contributed by atoms with E-state index in [9.17, 15) is 14.7 Å². The number of allylic oxidation sites excluding steroid dienone is 4. The first-order valence-electron chi connectivity index (χ1n) is 12.0. The lowest BCUT2D eigenvalue weighted by molar-refractivity contribution is -0.143. The van der Waals surface area contributed by atoms with Crippen LogP contribution in [0.3, 0.4) is 0 Å². The fourth-order valence-corrected chi connectivity index (χ4v) is 7.81. The highest BCUT2D eigenvalue weighted by molar-refractivity contribution is 5.95. The Kier molecular flexibility index (Phi) is 5.65. The lowest BCUT2D eigenvalue weighted by Crippen LogP contribution is -2.52. The number of esters is 1. The van der Waals surface area contributed by atoms with Gasteiger partial charge in [-0.3, -0.25) is 9.59 Å². The minimum atomic E-state index is -0.0885. The third-order valence-electron chi connectivity index (χ3n) is 9.47. The van der Waals surface area contributed by atoms with E-state index in [0.29, 0.717) is 42.5 Å². The zero-order valence-corrected chi connectivity index (χ0v) is 19.1. The molecule has 0 aromatic carbocycles. The van der Waals surface area contributed by atoms with Crippen LogP contribution in [0.5, 0.6) is 0 Å². The summed E-state index contributed by atoms with van der Waals surface area (Å²) in [6, 6.07) is 0. The van der Waals surface area contributed by atoms with Crippen LogP contribution in [0.2, 0.25) is 0 Å². The molecule has 7 atom stereocenters. The maximum absolute atomic E-state index is 13.3. The Morgan fingerprint density at radius 2 is 1.97 bits per heavy atom. The molecule has 2 fully saturated rings. The molecule has 0 radical (unpaired) electrons. The van der Waals surface area contributed by atoms with Crippen LogP contribution in [-0.2, 0) is 14.3 Å². The Morgan fingerprint density at radius 1 is 1.20 bits per heavy atom. The van der Waals surface area contributed by atoms with Gasteiger partial charge < -0.3 is 9.84 Å². The first-order valence-corrected chi connectivity index (χ1v) is 12.0. The zero-order chi connectivity index (χ0) is 21.7. The molecule has 0 aromatic rings. The van der Waals surface area contributed by atoms with Crippen molar-refractivity contribution < 1.29 is 19.4 Å². The summed E-state index contributed by atoms with van der Waals surface area (Å²) in [5.74, 6) is 2.60. The van der Waals surface area contributed by atoms with E-state index in [1.165, 1.54) is 6.42 Å². The SMILES string of the molecule is CCOC(=O)CC[C@@H](C)[C@H]1CC[C@H]2[C@@H]3C(=O)C=C4C=C(O)CC[C@]4(C)[C@H]3CC[C@]12C. The molecule has 0 heterocycles. The number of rotatable bonds is 5. The van der Waals surface area contributed by atoms with Gasteiger partial charge in [0.15, 0.2) is 5.78 Å². The van der Waals surface area contributed by atoms with Gasteiger partial charge in [-0.25, -0.2) is 0 Å². The van der Waals surface area contributed by atoms with Gasteiger partial charge in [-0.05, 0) is 97.7 Å². The van der Waals surface area contributed by atoms with Crippen molar-refractivity contribution in [1.29, 1.82) is 0 Å². The summed E-state index contributed by atoms with van der Waals surface area (Å²) in [5, 5.41) is 10.0. The minimum Gasteiger partial charge on any atom is -0.512 e. The summed E-state index contributed by atoms with van der Waals surface area (Å²) >= 11 is 0. The predicted molar refractivity (Wildman–Crippen MR) is 117 cm³/mol. The molecule has 4 rings (SSSR count). The maximum Gasteiger partial charge on any atom is 0.305 e. The first-order chi connectivity index (χ1) is 14.2. The molecular formula is C26H38O4. The lowest BCUT2D eigenvalue weighted by Gasteiger charge is -2.56. The van der Waals surface area contributed by atoms with Crippen molar-refractivity contribution in [2.24, 2.45) is 40.4 Å². The average Bonchev–Trinajstić information content (AvgIpc) is 3.05. The average molecular weight is 415 g/mol. The van der Waals surface area contributed by atoms with Crippen molar-refractivity contribution in [3.05, 3.63) is 23.5 Å². The van der Waals surface area contributed by atoms with E-state index in [-0.39, 0.29) is 28.5 Å². The van der Waals surface area contributed by atoms with Gasteiger partial charge in [-0.1, -0.05) is 20.8 Å². The van der Waals surface area contributed by atoms with Crippen molar-refractivity contribution >= 4 is 11.8 Å². The predicted octanol–water partition coefficient (Wildman–Crippen LogP) is 5.78. The molecule has 0 aromatic heterocycles. The van der Waals surface area contributed by atoms with Crippen LogP contribution < -0.4 is 0 Å². The van der Waals surface area contributed by atoms with Crippen molar-refractivity contribution in [1.82, 2.24) is 0 Å². The third kappa shape index (κ3) is 3.35. The topological polar surface area (TPSA) is 63.6 Å². The molecule has 0 amide bonds. The van der Waals surface area contributed by atoms with E-state index in [1.54, 1.807) is 0 Å². The summed E-state index contributed by atoms with van der Waals surface area (Å²) < 4.78 is 5.13. The Morgan fingerprint density at radius 3 is 2.70 bits per heavy atom. The monoisotopic (exact) mass is 414 g/mol. The molecule has 0 bridgehead atoms. The lowest BCUT2D eigenvalue weighted by atomic mass is 9.47. The molecule has 1 N–H and O–H groups in total. The van der Waals surface area contributed by atoms with Gasteiger partial charge in [0, 0.05) is 18.8 Å². The van der Waals surface area contributed by atoms with Crippen molar-refractivity contribution in [3.63, 3.8) is 0 Å². The van der Waals surface area contributed by atoms with Gasteiger partial charge in [-0.15, -0.1) is 0 Å². The second-order valence-corrected chi connectivity index (χ2v) is 10.8. The van der Waals surface area contributed by atoms with Crippen molar-refractivity contribution in [2.75, 3.05) is 6.61 Å². The molecule has 4 aliphatic carbocycles. The molecule has 4 nitrogen and oxygen atoms in total. The second kappa shape index (κ2) is 7.84. The summed E-state index contributed by atoms with van der Waals surface area (Å²) in [5.41, 5.74) is 1.25. The van der Waals surface area contributed by atoms with Gasteiger partial charge in [-0.2, -0.15) is 0 Å². The van der Waals surface area contributed by atoms with Gasteiger partial charge >= 0.3 is 5.97 Å². The molecule has 0 unspecified atom stereocenters. The van der Waals surface area contributed by atoms with Gasteiger partial charge in [0.05, 0.1) is 12.4 Å². The molecule has 2 saturated carbocycles. The number of carbonyl (C=O) groups excluding carboxylic acids is 2. The quantitative estimate of drug-likeness (QED) is 0.580. The number of aliphatic hydroxyl groups excluding tert-OH is 1. The summed E-state index contributed by atoms with van der Waals surface area (Å²) in [7, 11) is 0. The van der Waals surface area contributed by atoms with E-state index >= 15 is 0 Å². The van der Waals surface area contributed by atoms with Gasteiger partial charge in [0.25, 0.3) is 0 Å². The van der Waals surface area contributed by atoms with Crippen molar-refractivity contribution in [3.8, 4) is 0 Å². The smallest absolute Gasteiger partial charge is 0.305 e. The van der Waals surface area contributed by atoms with Crippen molar-refractivity contribution in [2.45, 2.75) is 79.1 Å². The van der Waals surface area contributed by atoms with E-state index in [4.69, 9.17) is 4.74 Å². The van der Waals surface area contributed by atoms with E-state index in [0.717, 1.165) is 44.1 Å². The number of hydrogen-bond acceptors (Lipinski definition) is 4. The van der Waals surface area contributed by atoms with Gasteiger partial charge in [0.1, 0.15) is 0 Å². The molecule has 166 valence electrons. The third-order valence-corrected chi connectivity index (χ3v) is 9.47. The van der Waals surface area contributed by atoms with Crippen LogP contribution in [0.25, 0.3) is 0 Å². The molecule has 4 aliphatic rings. The zero-order valence-electron chi connectivity index (χ0n) is 19.1. The van der Waals surface area contributed by atoms with E-state index in [1.807, 2.05) is 19.1 Å². The van der Waals surface area contributed by atoms with E-state index in [2.05, 4.69) is 20.8 Å². The highest BCUT2D eigenvalue weighted by atomic mass is 16.5. The Bertz CT molecular complexity index is 780. The summed E-state index contributed by atoms with van der Waals surface area (Å²) in [4.78, 5) is 25.2. The normalized spacial score (nSPS) is 41.1. The number of fused-ring (bicyclic) bond motifs is 5. The molecule has 30 heavy (non-hydrogen) atoms. The Balaban J connectivity index is 1.55. The number of aliphatic hydroxyl groups is 1. The first kappa shape index (κ1) is 21.6. The number of carbonyl (C=O) groups is 2. The molecule has 0 aliphatic heterocycles. The fraction of sp³-hybridized carbons (Fsp3) is 0.769. The summed E-state index contributed by atoms with van der Waals surface area (Å²) in [6.07, 6.45) is 11.3. The Hall–Kier alpha value is -1.58. The highest BCUT2D eigenvalue weighted by Gasteiger charge is 2.60. The van der Waals surface area contributed by atoms with Gasteiger partial charge in [0.2, 0.25) is 0 Å². The maximum atomic E-state index is 13.3. The van der Waals surface area contributed by atoms with Crippen LogP contribution in [0.1, 0.15) is 79.1 Å². The standard InChI is InChI=1S/C26H38O4/c1-5-30-23(29)9-6-16(2)19-7-8-20-24-21(11-13-26(19,20)4)25(3)12-10-18(27)14-17(25)15-22(24)28/h14-16,19-21,24,27H,5-13H2,1-4H3/t16-,19-,20+,21+,24+,25+,26-/m1/s1. The molecule has 0 saturated heterocycles. The van der Waals surface area contributed by atoms with Crippen LogP contribution in [0.4, 0.5) is 0 Å². The number of ether oxygens (including phenoxy) is 1.